The Balaban J connectivity index is 1.82. The highest BCUT2D eigenvalue weighted by Gasteiger charge is 2.31. The Bertz CT molecular complexity index is 1010. The van der Waals surface area contributed by atoms with E-state index in [0.29, 0.717) is 5.75 Å². The number of nitrogens with one attached hydrogen (secondary N) is 1. The first kappa shape index (κ1) is 18.1. The molecule has 27 heavy (non-hydrogen) atoms. The topological polar surface area (TPSA) is 64.1 Å². The fourth-order valence-electron chi connectivity index (χ4n) is 3.14. The van der Waals surface area contributed by atoms with E-state index in [2.05, 4.69) is 14.7 Å². The van der Waals surface area contributed by atoms with Crippen LogP contribution in [-0.4, -0.2) is 20.8 Å². The molecule has 0 atom stereocenters. The molecule has 140 valence electrons. The molecule has 1 amide bonds. The van der Waals surface area contributed by atoms with Gasteiger partial charge in [0.2, 0.25) is 0 Å². The van der Waals surface area contributed by atoms with Crippen molar-refractivity contribution in [1.82, 2.24) is 14.7 Å². The predicted octanol–water partition coefficient (Wildman–Crippen LogP) is 4.99. The number of fused-ring (bicyclic) bond motifs is 3. The van der Waals surface area contributed by atoms with Crippen molar-refractivity contribution >= 4 is 28.8 Å². The van der Waals surface area contributed by atoms with Crippen LogP contribution < -0.4 is 10.1 Å². The molecular weight excluding hydrogens is 378 g/mol. The minimum Gasteiger partial charge on any atom is -0.444 e. The minimum atomic E-state index is -0.292. The zero-order valence-corrected chi connectivity index (χ0v) is 17.4. The first-order valence-electron chi connectivity index (χ1n) is 8.85. The summed E-state index contributed by atoms with van der Waals surface area (Å²) in [6, 6.07) is 3.76. The molecule has 0 radical (unpaired) electrons. The summed E-state index contributed by atoms with van der Waals surface area (Å²) in [5.41, 5.74) is 3.83. The summed E-state index contributed by atoms with van der Waals surface area (Å²) >= 11 is 2.88. The van der Waals surface area contributed by atoms with Crippen molar-refractivity contribution in [2.45, 2.75) is 46.1 Å². The predicted molar refractivity (Wildman–Crippen MR) is 109 cm³/mol. The van der Waals surface area contributed by atoms with Gasteiger partial charge in [0, 0.05) is 17.9 Å². The van der Waals surface area contributed by atoms with Crippen LogP contribution in [0.2, 0.25) is 0 Å². The number of rotatable bonds is 3. The lowest BCUT2D eigenvalue weighted by Gasteiger charge is -2.21. The number of amides is 1. The number of carbonyl (C=O) groups excluding carboxylic acids is 1. The molecule has 3 heterocycles. The Morgan fingerprint density at radius 2 is 2.11 bits per heavy atom. The Hall–Kier alpha value is -2.25. The molecule has 0 fully saturated rings. The van der Waals surface area contributed by atoms with Gasteiger partial charge in [-0.25, -0.2) is 4.37 Å². The Morgan fingerprint density at radius 3 is 2.85 bits per heavy atom. The maximum Gasteiger partial charge on any atom is 0.262 e. The van der Waals surface area contributed by atoms with Crippen LogP contribution >= 0.6 is 22.9 Å². The van der Waals surface area contributed by atoms with Crippen molar-refractivity contribution in [3.63, 3.8) is 0 Å². The van der Waals surface area contributed by atoms with E-state index in [0.717, 1.165) is 44.5 Å². The SMILES string of the molecule is Cc1ncccc1Oc1sc(C(=O)NC(C)(C)C)c2c1-c1sncc1CC2. The summed E-state index contributed by atoms with van der Waals surface area (Å²) in [4.78, 5) is 19.1. The Kier molecular flexibility index (Phi) is 4.52. The molecule has 1 aliphatic carbocycles. The lowest BCUT2D eigenvalue weighted by molar-refractivity contribution is 0.0923. The summed E-state index contributed by atoms with van der Waals surface area (Å²) in [5, 5.41) is 3.82. The van der Waals surface area contributed by atoms with Crippen LogP contribution in [0.1, 0.15) is 47.3 Å². The van der Waals surface area contributed by atoms with Crippen LogP contribution in [0.3, 0.4) is 0 Å². The normalized spacial score (nSPS) is 13.0. The van der Waals surface area contributed by atoms with Crippen molar-refractivity contribution in [2.24, 2.45) is 0 Å². The van der Waals surface area contributed by atoms with E-state index < -0.39 is 0 Å². The van der Waals surface area contributed by atoms with Crippen LogP contribution in [-0.2, 0) is 12.8 Å². The number of nitrogens with zero attached hydrogens (tertiary/aromatic N) is 2. The number of hydrogen-bond donors (Lipinski definition) is 1. The number of hydrogen-bond acceptors (Lipinski definition) is 6. The van der Waals surface area contributed by atoms with E-state index in [-0.39, 0.29) is 11.4 Å². The standard InChI is InChI=1S/C20H21N3O2S2/c1-11-14(6-5-9-21-11)25-19-15-13(8-7-12-10-22-27-16(12)15)17(26-19)18(24)23-20(2,3)4/h5-6,9-10H,7-8H2,1-4H3,(H,23,24). The van der Waals surface area contributed by atoms with Gasteiger partial charge in [-0.3, -0.25) is 9.78 Å². The molecule has 0 bridgehead atoms. The highest BCUT2D eigenvalue weighted by atomic mass is 32.1. The summed E-state index contributed by atoms with van der Waals surface area (Å²) in [6.07, 6.45) is 5.39. The zero-order valence-electron chi connectivity index (χ0n) is 15.8. The quantitative estimate of drug-likeness (QED) is 0.673. The van der Waals surface area contributed by atoms with E-state index in [1.807, 2.05) is 46.0 Å². The summed E-state index contributed by atoms with van der Waals surface area (Å²) in [6.45, 7) is 7.88. The zero-order chi connectivity index (χ0) is 19.2. The largest absolute Gasteiger partial charge is 0.444 e. The molecule has 1 aliphatic rings. The summed E-state index contributed by atoms with van der Waals surface area (Å²) in [7, 11) is 0. The molecule has 4 rings (SSSR count). The molecule has 0 aliphatic heterocycles. The fraction of sp³-hybridized carbons (Fsp3) is 0.350. The van der Waals surface area contributed by atoms with E-state index in [9.17, 15) is 4.79 Å². The van der Waals surface area contributed by atoms with E-state index in [1.54, 1.807) is 6.20 Å². The smallest absolute Gasteiger partial charge is 0.262 e. The highest BCUT2D eigenvalue weighted by Crippen LogP contribution is 2.50. The number of carbonyl (C=O) groups is 1. The van der Waals surface area contributed by atoms with Crippen LogP contribution in [0.15, 0.2) is 24.5 Å². The van der Waals surface area contributed by atoms with Gasteiger partial charge in [0.15, 0.2) is 5.06 Å². The van der Waals surface area contributed by atoms with Gasteiger partial charge in [-0.2, -0.15) is 0 Å². The van der Waals surface area contributed by atoms with Gasteiger partial charge in [-0.1, -0.05) is 11.3 Å². The van der Waals surface area contributed by atoms with Gasteiger partial charge in [0.1, 0.15) is 5.75 Å². The summed E-state index contributed by atoms with van der Waals surface area (Å²) in [5.74, 6) is 0.662. The minimum absolute atomic E-state index is 0.0468. The molecule has 0 spiro atoms. The van der Waals surface area contributed by atoms with Gasteiger partial charge < -0.3 is 10.1 Å². The van der Waals surface area contributed by atoms with Gasteiger partial charge in [-0.05, 0) is 75.3 Å². The second-order valence-electron chi connectivity index (χ2n) is 7.65. The van der Waals surface area contributed by atoms with Crippen molar-refractivity contribution in [1.29, 1.82) is 0 Å². The lowest BCUT2D eigenvalue weighted by atomic mass is 9.93. The first-order chi connectivity index (χ1) is 12.8. The third kappa shape index (κ3) is 3.49. The lowest BCUT2D eigenvalue weighted by Crippen LogP contribution is -2.40. The molecule has 3 aromatic heterocycles. The van der Waals surface area contributed by atoms with E-state index in [1.165, 1.54) is 28.4 Å². The molecule has 0 unspecified atom stereocenters. The second-order valence-corrected chi connectivity index (χ2v) is 9.43. The van der Waals surface area contributed by atoms with Crippen molar-refractivity contribution in [2.75, 3.05) is 0 Å². The van der Waals surface area contributed by atoms with Gasteiger partial charge in [0.25, 0.3) is 5.91 Å². The monoisotopic (exact) mass is 399 g/mol. The number of aromatic nitrogens is 2. The molecule has 5 nitrogen and oxygen atoms in total. The van der Waals surface area contributed by atoms with Crippen molar-refractivity contribution < 1.29 is 9.53 Å². The average Bonchev–Trinajstić information content (AvgIpc) is 3.19. The number of thiophene rings is 1. The fourth-order valence-corrected chi connectivity index (χ4v) is 5.19. The third-order valence-electron chi connectivity index (χ3n) is 4.35. The Morgan fingerprint density at radius 1 is 1.30 bits per heavy atom. The van der Waals surface area contributed by atoms with Crippen molar-refractivity contribution in [3.8, 4) is 21.3 Å². The molecular formula is C20H21N3O2S2. The van der Waals surface area contributed by atoms with E-state index in [4.69, 9.17) is 4.74 Å². The summed E-state index contributed by atoms with van der Waals surface area (Å²) < 4.78 is 10.6. The third-order valence-corrected chi connectivity index (χ3v) is 6.31. The average molecular weight is 400 g/mol. The van der Waals surface area contributed by atoms with Gasteiger partial charge in [0.05, 0.1) is 21.0 Å². The van der Waals surface area contributed by atoms with Crippen LogP contribution in [0.5, 0.6) is 10.8 Å². The van der Waals surface area contributed by atoms with E-state index >= 15 is 0 Å². The number of ether oxygens (including phenoxy) is 1. The van der Waals surface area contributed by atoms with Crippen LogP contribution in [0.25, 0.3) is 10.4 Å². The molecule has 0 aromatic carbocycles. The second kappa shape index (κ2) is 6.73. The van der Waals surface area contributed by atoms with Gasteiger partial charge >= 0.3 is 0 Å². The maximum atomic E-state index is 12.9. The number of aryl methyl sites for hydroxylation is 2. The highest BCUT2D eigenvalue weighted by molar-refractivity contribution is 7.17. The number of pyridine rings is 1. The maximum absolute atomic E-state index is 12.9. The Labute approximate surface area is 166 Å². The molecule has 1 N–H and O–H groups in total. The molecule has 0 saturated carbocycles. The van der Waals surface area contributed by atoms with Crippen molar-refractivity contribution in [3.05, 3.63) is 46.2 Å². The van der Waals surface area contributed by atoms with Gasteiger partial charge in [-0.15, -0.1) is 0 Å². The molecule has 0 saturated heterocycles. The molecule has 7 heteroatoms. The first-order valence-corrected chi connectivity index (χ1v) is 10.4. The van der Waals surface area contributed by atoms with Crippen LogP contribution in [0, 0.1) is 6.92 Å². The molecule has 3 aromatic rings. The van der Waals surface area contributed by atoms with Crippen LogP contribution in [0.4, 0.5) is 0 Å².